The van der Waals surface area contributed by atoms with Crippen LogP contribution in [0.5, 0.6) is 6.01 Å². The highest BCUT2D eigenvalue weighted by Gasteiger charge is 2.29. The van der Waals surface area contributed by atoms with Gasteiger partial charge in [0, 0.05) is 23.7 Å². The van der Waals surface area contributed by atoms with Crippen molar-refractivity contribution in [1.29, 1.82) is 0 Å². The topological polar surface area (TPSA) is 307 Å². The Morgan fingerprint density at radius 2 is 1.67 bits per heavy atom. The number of urea groups is 1. The Balaban J connectivity index is 1.65. The third kappa shape index (κ3) is 15.7. The van der Waals surface area contributed by atoms with Crippen molar-refractivity contribution >= 4 is 46.4 Å². The van der Waals surface area contributed by atoms with Crippen LogP contribution in [0.2, 0.25) is 0 Å². The van der Waals surface area contributed by atoms with E-state index in [1.54, 1.807) is 38.1 Å². The maximum absolute atomic E-state index is 13.6. The van der Waals surface area contributed by atoms with Crippen molar-refractivity contribution in [3.63, 3.8) is 0 Å². The number of primary amides is 1. The minimum absolute atomic E-state index is 0.0449. The van der Waals surface area contributed by atoms with E-state index in [9.17, 15) is 24.0 Å². The van der Waals surface area contributed by atoms with Crippen LogP contribution >= 0.6 is 0 Å². The summed E-state index contributed by atoms with van der Waals surface area (Å²) in [6.45, 7) is 7.13. The zero-order valence-corrected chi connectivity index (χ0v) is 34.2. The van der Waals surface area contributed by atoms with Gasteiger partial charge in [-0.15, -0.1) is 6.42 Å². The molecule has 326 valence electrons. The number of nitrogens with two attached hydrogens (primary N) is 2. The fourth-order valence-corrected chi connectivity index (χ4v) is 5.63. The summed E-state index contributed by atoms with van der Waals surface area (Å²) in [5.74, 6) is 0.467. The molecule has 0 radical (unpaired) electrons. The molecule has 2 heterocycles. The number of carbonyl (C=O) groups excluding carboxylic acids is 4. The molecule has 3 rings (SSSR count). The fraction of sp³-hybridized carbons (Fsp3) is 0.553. The molecule has 0 aliphatic carbocycles. The molecule has 0 aliphatic rings. The largest absolute Gasteiger partial charge is 0.463 e. The molecule has 22 heteroatoms. The van der Waals surface area contributed by atoms with Crippen LogP contribution in [0.15, 0.2) is 34.2 Å². The van der Waals surface area contributed by atoms with E-state index in [1.807, 2.05) is 6.92 Å². The first kappa shape index (κ1) is 48.0. The van der Waals surface area contributed by atoms with Gasteiger partial charge in [-0.2, -0.15) is 9.97 Å². The van der Waals surface area contributed by atoms with Crippen LogP contribution in [0.25, 0.3) is 21.6 Å². The van der Waals surface area contributed by atoms with Gasteiger partial charge in [-0.1, -0.05) is 50.4 Å². The number of unbranched alkanes of at least 4 members (excludes halogenated alkanes) is 1. The molecule has 5 amide bonds. The summed E-state index contributed by atoms with van der Waals surface area (Å²) in [6, 6.07) is 3.92. The van der Waals surface area contributed by atoms with Crippen molar-refractivity contribution < 1.29 is 38.1 Å². The number of rotatable bonds is 28. The lowest BCUT2D eigenvalue weighted by Crippen LogP contribution is -2.55. The molecule has 1 aromatic carbocycles. The van der Waals surface area contributed by atoms with Gasteiger partial charge in [0.2, 0.25) is 17.7 Å². The lowest BCUT2D eigenvalue weighted by molar-refractivity contribution is -0.134. The Bertz CT molecular complexity index is 2020. The second-order valence-electron chi connectivity index (χ2n) is 13.6. The number of aromatic nitrogens is 4. The number of nitrogens with one attached hydrogen (secondary N) is 4. The second kappa shape index (κ2) is 25.9. The molecule has 0 aliphatic heterocycles. The van der Waals surface area contributed by atoms with Gasteiger partial charge < -0.3 is 51.7 Å². The van der Waals surface area contributed by atoms with E-state index >= 15 is 0 Å². The van der Waals surface area contributed by atoms with Crippen LogP contribution in [0, 0.1) is 18.3 Å². The number of ether oxygens (including phenoxy) is 4. The van der Waals surface area contributed by atoms with Crippen LogP contribution in [-0.4, -0.2) is 114 Å². The van der Waals surface area contributed by atoms with Gasteiger partial charge >= 0.3 is 17.7 Å². The van der Waals surface area contributed by atoms with Gasteiger partial charge in [-0.25, -0.2) is 9.59 Å². The summed E-state index contributed by atoms with van der Waals surface area (Å²) in [6.07, 6.45) is 7.67. The lowest BCUT2D eigenvalue weighted by atomic mass is 10.0. The van der Waals surface area contributed by atoms with Gasteiger partial charge in [0.15, 0.2) is 11.5 Å². The Morgan fingerprint density at radius 3 is 2.32 bits per heavy atom. The average Bonchev–Trinajstić information content (AvgIpc) is 3.47. The molecule has 22 nitrogen and oxygen atoms in total. The van der Waals surface area contributed by atoms with Gasteiger partial charge in [0.25, 0.3) is 0 Å². The van der Waals surface area contributed by atoms with E-state index in [0.717, 1.165) is 12.8 Å². The van der Waals surface area contributed by atoms with Gasteiger partial charge in [0.1, 0.15) is 24.2 Å². The highest BCUT2D eigenvalue weighted by molar-refractivity contribution is 5.98. The molecule has 0 saturated heterocycles. The predicted octanol–water partition coefficient (Wildman–Crippen LogP) is 1.41. The smallest absolute Gasteiger partial charge is 0.331 e. The number of hydrogen-bond donors (Lipinski definition) is 6. The molecule has 2 unspecified atom stereocenters. The standard InChI is InChI=1S/C38H55N13O9/c1-5-7-17-60-37-47-32(39)31-33(48-37)50(16-6-2)38(56)51(31)23-26-10-12-27(13-11-26)44-34(53)28(9-8-14-42-36(40)55)45-35(54)30(25(3)4)46-29(52)24-59-22-21-58-20-19-57-18-15-43-49-41/h2,10-13,25,28,30H,5,7-9,14-24H2,1,3-4H3,(H,44,53)(H,45,54)(H,46,52)(H2,39,47,48)(H3,40,42,55). The third-order valence-corrected chi connectivity index (χ3v) is 8.64. The van der Waals surface area contributed by atoms with E-state index in [0.29, 0.717) is 30.0 Å². The quantitative estimate of drug-likeness (QED) is 0.0199. The van der Waals surface area contributed by atoms with E-state index in [1.165, 1.54) is 9.13 Å². The van der Waals surface area contributed by atoms with Crippen LogP contribution in [0.4, 0.5) is 16.3 Å². The number of hydrogen-bond acceptors (Lipinski definition) is 13. The number of benzene rings is 1. The van der Waals surface area contributed by atoms with E-state index < -0.39 is 41.5 Å². The molecule has 2 atom stereocenters. The molecule has 60 heavy (non-hydrogen) atoms. The number of carbonyl (C=O) groups is 4. The summed E-state index contributed by atoms with van der Waals surface area (Å²) in [7, 11) is 0. The van der Waals surface area contributed by atoms with E-state index in [-0.39, 0.29) is 95.4 Å². The minimum atomic E-state index is -1.07. The zero-order valence-electron chi connectivity index (χ0n) is 34.2. The van der Waals surface area contributed by atoms with Crippen molar-refractivity contribution in [2.75, 3.05) is 70.4 Å². The predicted molar refractivity (Wildman–Crippen MR) is 222 cm³/mol. The Hall–Kier alpha value is -6.40. The summed E-state index contributed by atoms with van der Waals surface area (Å²) in [5.41, 5.74) is 20.9. The number of terminal acetylenes is 1. The highest BCUT2D eigenvalue weighted by atomic mass is 16.5. The maximum Gasteiger partial charge on any atom is 0.331 e. The molecule has 0 fully saturated rings. The summed E-state index contributed by atoms with van der Waals surface area (Å²) >= 11 is 0. The average molecular weight is 838 g/mol. The Labute approximate surface area is 347 Å². The highest BCUT2D eigenvalue weighted by Crippen LogP contribution is 2.22. The first-order chi connectivity index (χ1) is 28.9. The summed E-state index contributed by atoms with van der Waals surface area (Å²) < 4.78 is 24.3. The number of azide groups is 1. The summed E-state index contributed by atoms with van der Waals surface area (Å²) in [4.78, 5) is 75.9. The van der Waals surface area contributed by atoms with Crippen LogP contribution in [0.3, 0.4) is 0 Å². The Kier molecular flexibility index (Phi) is 20.7. The number of amides is 5. The molecular weight excluding hydrogens is 782 g/mol. The maximum atomic E-state index is 13.6. The zero-order chi connectivity index (χ0) is 43.9. The van der Waals surface area contributed by atoms with E-state index in [2.05, 4.69) is 47.2 Å². The van der Waals surface area contributed by atoms with Gasteiger partial charge in [0.05, 0.1) is 52.7 Å². The van der Waals surface area contributed by atoms with Gasteiger partial charge in [-0.3, -0.25) is 23.5 Å². The van der Waals surface area contributed by atoms with Crippen molar-refractivity contribution in [3.05, 3.63) is 50.8 Å². The van der Waals surface area contributed by atoms with Crippen LogP contribution in [-0.2, 0) is 41.7 Å². The monoisotopic (exact) mass is 837 g/mol. The van der Waals surface area contributed by atoms with Crippen molar-refractivity contribution in [3.8, 4) is 18.4 Å². The first-order valence-corrected chi connectivity index (χ1v) is 19.5. The van der Waals surface area contributed by atoms with Gasteiger partial charge in [-0.05, 0) is 48.4 Å². The van der Waals surface area contributed by atoms with E-state index in [4.69, 9.17) is 42.4 Å². The normalized spacial score (nSPS) is 11.9. The van der Waals surface area contributed by atoms with Crippen molar-refractivity contribution in [1.82, 2.24) is 35.1 Å². The molecule has 0 saturated carbocycles. The molecular formula is C38H55N13O9. The number of nitrogens with zero attached hydrogens (tertiary/aromatic N) is 7. The molecule has 8 N–H and O–H groups in total. The Morgan fingerprint density at radius 1 is 0.967 bits per heavy atom. The van der Waals surface area contributed by atoms with Crippen molar-refractivity contribution in [2.24, 2.45) is 16.8 Å². The SMILES string of the molecule is C#CCn1c(=O)n(Cc2ccc(NC(=O)C(CCCNC(N)=O)NC(=O)C(NC(=O)COCCOCCOCCN=[N+]=[N-])C(C)C)cc2)c2c(N)nc(OCCCC)nc21. The number of fused-ring (bicyclic) bond motifs is 1. The molecule has 3 aromatic rings. The molecule has 0 spiro atoms. The number of anilines is 2. The third-order valence-electron chi connectivity index (χ3n) is 8.64. The number of nitrogen functional groups attached to an aromatic ring is 1. The van der Waals surface area contributed by atoms with Crippen molar-refractivity contribution in [2.45, 2.75) is 71.6 Å². The van der Waals surface area contributed by atoms with Crippen LogP contribution < -0.4 is 43.2 Å². The minimum Gasteiger partial charge on any atom is -0.463 e. The molecule has 2 aromatic heterocycles. The number of imidazole rings is 1. The fourth-order valence-electron chi connectivity index (χ4n) is 5.63. The van der Waals surface area contributed by atoms with Crippen LogP contribution in [0.1, 0.15) is 52.0 Å². The summed E-state index contributed by atoms with van der Waals surface area (Å²) in [5, 5.41) is 14.0. The lowest BCUT2D eigenvalue weighted by Gasteiger charge is -2.25. The molecule has 0 bridgehead atoms. The second-order valence-corrected chi connectivity index (χ2v) is 13.6. The first-order valence-electron chi connectivity index (χ1n) is 19.5.